The highest BCUT2D eigenvalue weighted by Gasteiger charge is 2.24. The summed E-state index contributed by atoms with van der Waals surface area (Å²) in [5, 5.41) is 0.447. The molecular weight excluding hydrogens is 180 g/mol. The molecule has 0 saturated heterocycles. The molecule has 0 radical (unpaired) electrons. The number of rotatable bonds is 4. The third-order valence-corrected chi connectivity index (χ3v) is 4.15. The maximum atomic E-state index is 6.27. The summed E-state index contributed by atoms with van der Waals surface area (Å²) >= 11 is 6.27. The Kier molecular flexibility index (Phi) is 5.16. The lowest BCUT2D eigenvalue weighted by Gasteiger charge is -2.30. The van der Waals surface area contributed by atoms with Crippen molar-refractivity contribution >= 4 is 11.6 Å². The van der Waals surface area contributed by atoms with Crippen molar-refractivity contribution in [2.45, 2.75) is 64.2 Å². The molecule has 1 unspecified atom stereocenters. The maximum absolute atomic E-state index is 6.27. The van der Waals surface area contributed by atoms with Gasteiger partial charge in [0, 0.05) is 5.38 Å². The quantitative estimate of drug-likeness (QED) is 0.584. The first-order valence-electron chi connectivity index (χ1n) is 5.92. The molecule has 0 aromatic carbocycles. The van der Waals surface area contributed by atoms with Gasteiger partial charge in [-0.3, -0.25) is 0 Å². The van der Waals surface area contributed by atoms with Crippen LogP contribution in [0, 0.1) is 11.8 Å². The minimum atomic E-state index is 0.447. The third kappa shape index (κ3) is 3.50. The summed E-state index contributed by atoms with van der Waals surface area (Å²) in [4.78, 5) is 0. The average Bonchev–Trinajstić information content (AvgIpc) is 2.18. The van der Waals surface area contributed by atoms with E-state index in [0.29, 0.717) is 5.38 Å². The predicted molar refractivity (Wildman–Crippen MR) is 60.3 cm³/mol. The van der Waals surface area contributed by atoms with E-state index in [9.17, 15) is 0 Å². The van der Waals surface area contributed by atoms with Crippen molar-refractivity contribution in [2.24, 2.45) is 11.8 Å². The van der Waals surface area contributed by atoms with Gasteiger partial charge < -0.3 is 0 Å². The van der Waals surface area contributed by atoms with E-state index in [2.05, 4.69) is 13.8 Å². The highest BCUT2D eigenvalue weighted by molar-refractivity contribution is 6.20. The van der Waals surface area contributed by atoms with Gasteiger partial charge >= 0.3 is 0 Å². The molecule has 1 fully saturated rings. The summed E-state index contributed by atoms with van der Waals surface area (Å²) < 4.78 is 0. The summed E-state index contributed by atoms with van der Waals surface area (Å²) in [6.07, 6.45) is 9.56. The van der Waals surface area contributed by atoms with Gasteiger partial charge in [-0.25, -0.2) is 0 Å². The Hall–Kier alpha value is 0.290. The summed E-state index contributed by atoms with van der Waals surface area (Å²) in [6.45, 7) is 4.50. The van der Waals surface area contributed by atoms with Crippen LogP contribution in [0.15, 0.2) is 0 Å². The van der Waals surface area contributed by atoms with Gasteiger partial charge in [0.1, 0.15) is 0 Å². The molecule has 1 heteroatoms. The predicted octanol–water partition coefficient (Wildman–Crippen LogP) is 4.61. The van der Waals surface area contributed by atoms with Gasteiger partial charge in [-0.15, -0.1) is 11.6 Å². The molecule has 1 atom stereocenters. The zero-order chi connectivity index (χ0) is 9.68. The Balaban J connectivity index is 2.22. The Bertz CT molecular complexity index is 125. The highest BCUT2D eigenvalue weighted by atomic mass is 35.5. The van der Waals surface area contributed by atoms with Crippen LogP contribution in [0.1, 0.15) is 58.8 Å². The summed E-state index contributed by atoms with van der Waals surface area (Å²) in [7, 11) is 0. The molecule has 0 heterocycles. The zero-order valence-corrected chi connectivity index (χ0v) is 9.82. The Labute approximate surface area is 88.1 Å². The summed E-state index contributed by atoms with van der Waals surface area (Å²) in [5.41, 5.74) is 0. The summed E-state index contributed by atoms with van der Waals surface area (Å²) in [6, 6.07) is 0. The van der Waals surface area contributed by atoms with Crippen LogP contribution in [0.3, 0.4) is 0 Å². The van der Waals surface area contributed by atoms with Crippen molar-refractivity contribution in [3.63, 3.8) is 0 Å². The number of halogens is 1. The monoisotopic (exact) mass is 202 g/mol. The highest BCUT2D eigenvalue weighted by Crippen LogP contribution is 2.35. The van der Waals surface area contributed by atoms with E-state index in [1.165, 1.54) is 38.5 Å². The Morgan fingerprint density at radius 3 is 2.23 bits per heavy atom. The molecule has 0 N–H and O–H groups in total. The SMILES string of the molecule is CCCC1CCC(C(Cl)CC)CC1. The second-order valence-electron chi connectivity index (χ2n) is 4.49. The number of hydrogen-bond donors (Lipinski definition) is 0. The van der Waals surface area contributed by atoms with E-state index in [4.69, 9.17) is 11.6 Å². The van der Waals surface area contributed by atoms with E-state index in [0.717, 1.165) is 18.3 Å². The fraction of sp³-hybridized carbons (Fsp3) is 1.00. The number of alkyl halides is 1. The summed E-state index contributed by atoms with van der Waals surface area (Å²) in [5.74, 6) is 1.83. The van der Waals surface area contributed by atoms with Crippen LogP contribution in [0.5, 0.6) is 0 Å². The van der Waals surface area contributed by atoms with Crippen LogP contribution in [0.25, 0.3) is 0 Å². The second kappa shape index (κ2) is 5.90. The molecular formula is C12H23Cl. The first-order valence-corrected chi connectivity index (χ1v) is 6.35. The van der Waals surface area contributed by atoms with Gasteiger partial charge in [-0.1, -0.05) is 39.5 Å². The van der Waals surface area contributed by atoms with E-state index < -0.39 is 0 Å². The van der Waals surface area contributed by atoms with Crippen molar-refractivity contribution in [1.29, 1.82) is 0 Å². The molecule has 78 valence electrons. The molecule has 1 saturated carbocycles. The maximum Gasteiger partial charge on any atom is 0.0361 e. The lowest BCUT2D eigenvalue weighted by Crippen LogP contribution is -2.21. The van der Waals surface area contributed by atoms with Crippen LogP contribution in [-0.4, -0.2) is 5.38 Å². The zero-order valence-electron chi connectivity index (χ0n) is 9.06. The van der Waals surface area contributed by atoms with Crippen molar-refractivity contribution in [3.05, 3.63) is 0 Å². The largest absolute Gasteiger partial charge is 0.123 e. The van der Waals surface area contributed by atoms with Crippen LogP contribution >= 0.6 is 11.6 Å². The van der Waals surface area contributed by atoms with Crippen LogP contribution in [0.4, 0.5) is 0 Å². The van der Waals surface area contributed by atoms with Crippen molar-refractivity contribution in [3.8, 4) is 0 Å². The number of hydrogen-bond acceptors (Lipinski definition) is 0. The minimum Gasteiger partial charge on any atom is -0.123 e. The molecule has 0 aromatic heterocycles. The second-order valence-corrected chi connectivity index (χ2v) is 5.05. The van der Waals surface area contributed by atoms with Gasteiger partial charge in [0.2, 0.25) is 0 Å². The van der Waals surface area contributed by atoms with Gasteiger partial charge in [0.15, 0.2) is 0 Å². The van der Waals surface area contributed by atoms with Gasteiger partial charge in [-0.05, 0) is 31.1 Å². The van der Waals surface area contributed by atoms with Crippen LogP contribution < -0.4 is 0 Å². The minimum absolute atomic E-state index is 0.447. The van der Waals surface area contributed by atoms with E-state index in [1.807, 2.05) is 0 Å². The molecule has 0 nitrogen and oxygen atoms in total. The van der Waals surface area contributed by atoms with E-state index in [-0.39, 0.29) is 0 Å². The molecule has 0 aromatic rings. The van der Waals surface area contributed by atoms with Crippen molar-refractivity contribution < 1.29 is 0 Å². The fourth-order valence-corrected chi connectivity index (χ4v) is 2.83. The molecule has 13 heavy (non-hydrogen) atoms. The lowest BCUT2D eigenvalue weighted by atomic mass is 9.78. The van der Waals surface area contributed by atoms with E-state index in [1.54, 1.807) is 0 Å². The van der Waals surface area contributed by atoms with E-state index >= 15 is 0 Å². The third-order valence-electron chi connectivity index (χ3n) is 3.49. The molecule has 1 aliphatic rings. The van der Waals surface area contributed by atoms with Crippen molar-refractivity contribution in [1.82, 2.24) is 0 Å². The van der Waals surface area contributed by atoms with Gasteiger partial charge in [-0.2, -0.15) is 0 Å². The topological polar surface area (TPSA) is 0 Å². The van der Waals surface area contributed by atoms with Crippen LogP contribution in [-0.2, 0) is 0 Å². The Morgan fingerprint density at radius 1 is 1.15 bits per heavy atom. The van der Waals surface area contributed by atoms with Gasteiger partial charge in [0.05, 0.1) is 0 Å². The van der Waals surface area contributed by atoms with Crippen LogP contribution in [0.2, 0.25) is 0 Å². The lowest BCUT2D eigenvalue weighted by molar-refractivity contribution is 0.254. The average molecular weight is 203 g/mol. The standard InChI is InChI=1S/C12H23Cl/c1-3-5-10-6-8-11(9-7-10)12(13)4-2/h10-12H,3-9H2,1-2H3. The molecule has 0 amide bonds. The molecule has 1 rings (SSSR count). The smallest absolute Gasteiger partial charge is 0.0361 e. The molecule has 0 aliphatic heterocycles. The molecule has 0 bridgehead atoms. The molecule has 0 spiro atoms. The fourth-order valence-electron chi connectivity index (χ4n) is 2.58. The van der Waals surface area contributed by atoms with Crippen molar-refractivity contribution in [2.75, 3.05) is 0 Å². The first-order chi connectivity index (χ1) is 6.27. The first kappa shape index (κ1) is 11.4. The Morgan fingerprint density at radius 2 is 1.77 bits per heavy atom. The van der Waals surface area contributed by atoms with Gasteiger partial charge in [0.25, 0.3) is 0 Å². The molecule has 1 aliphatic carbocycles. The normalized spacial score (nSPS) is 31.6.